The van der Waals surface area contributed by atoms with Gasteiger partial charge in [-0.1, -0.05) is 298 Å². The van der Waals surface area contributed by atoms with Crippen LogP contribution < -0.4 is 0 Å². The van der Waals surface area contributed by atoms with Gasteiger partial charge in [0, 0.05) is 61.7 Å². The molecule has 0 amide bonds. The van der Waals surface area contributed by atoms with Crippen LogP contribution in [0.1, 0.15) is 155 Å². The van der Waals surface area contributed by atoms with Gasteiger partial charge in [0.2, 0.25) is 0 Å². The van der Waals surface area contributed by atoms with Gasteiger partial charge in [0.15, 0.2) is 11.6 Å². The fourth-order valence-electron chi connectivity index (χ4n) is 8.64. The fraction of sp³-hybridized carbons (Fsp3) is 0.238. The van der Waals surface area contributed by atoms with E-state index in [9.17, 15) is 0 Å². The summed E-state index contributed by atoms with van der Waals surface area (Å²) >= 11 is 0. The molecule has 3 heterocycles. The van der Waals surface area contributed by atoms with Crippen LogP contribution in [0.3, 0.4) is 0 Å². The van der Waals surface area contributed by atoms with Crippen molar-refractivity contribution in [2.75, 3.05) is 0 Å². The Labute approximate surface area is 559 Å². The molecule has 0 aliphatic heterocycles. The van der Waals surface area contributed by atoms with E-state index in [-0.39, 0.29) is 27.1 Å². The zero-order valence-electron chi connectivity index (χ0n) is 57.1. The molecule has 10 nitrogen and oxygen atoms in total. The Balaban J connectivity index is 0.000000182. The lowest BCUT2D eigenvalue weighted by Gasteiger charge is -2.24. The van der Waals surface area contributed by atoms with Gasteiger partial charge in [0.25, 0.3) is 0 Å². The Kier molecular flexibility index (Phi) is 25.5. The Morgan fingerprint density at radius 3 is 0.936 bits per heavy atom. The second-order valence-corrected chi connectivity index (χ2v) is 27.3. The Bertz CT molecular complexity index is 4130. The van der Waals surface area contributed by atoms with Crippen LogP contribution in [0.5, 0.6) is 0 Å². The molecule has 10 heteroatoms. The topological polar surface area (TPSA) is 162 Å². The second kappa shape index (κ2) is 33.3. The molecular formula is C84H86N10. The maximum atomic E-state index is 8.87. The Hall–Kier alpha value is -11.0. The van der Waals surface area contributed by atoms with Crippen molar-refractivity contribution in [3.63, 3.8) is 0 Å². The zero-order valence-corrected chi connectivity index (χ0v) is 57.1. The molecule has 0 saturated carbocycles. The van der Waals surface area contributed by atoms with Crippen LogP contribution >= 0.6 is 0 Å². The summed E-state index contributed by atoms with van der Waals surface area (Å²) in [6.45, 7) is 32.3. The highest BCUT2D eigenvalue weighted by Gasteiger charge is 2.26. The van der Waals surface area contributed by atoms with Crippen LogP contribution in [0.4, 0.5) is 0 Å². The first kappa shape index (κ1) is 72.0. The molecule has 0 spiro atoms. The van der Waals surface area contributed by atoms with Gasteiger partial charge >= 0.3 is 0 Å². The van der Waals surface area contributed by atoms with Crippen molar-refractivity contribution in [2.45, 2.75) is 131 Å². The highest BCUT2D eigenvalue weighted by molar-refractivity contribution is 5.68. The standard InChI is InChI=1S/C18H24N2.C17H23N3.C15H9N.C14H16N2.C13H9N.C7H5N/c1-17(2,3)14-12-15(18(4,5)6)20-16(19-14)13-10-8-7-9-11-13;1-16(2,3)14-18-13(12-10-8-7-9-11-12)19-15(20-14)17(4,5)6;1-2-12-10-14(8-9-15(12)11-16)13-6-4-3-5-7-13;1-14(2,3)13-15-9-12(10-16-13)11-7-5-4-6-8-11;14-10-11-6-8-13(9-7-11)12-4-2-1-3-5-12;8-6-7-4-2-1-3-5-7/h7-12H,1-6H3;7-11H,1-6H3;1,3-10H;4-10H,1-3H3;1-9H;1-5H. The second-order valence-electron chi connectivity index (χ2n) is 27.3. The lowest BCUT2D eigenvalue weighted by atomic mass is 9.86. The maximum absolute atomic E-state index is 8.87. The predicted molar refractivity (Wildman–Crippen MR) is 386 cm³/mol. The number of aromatic nitrogens is 7. The molecule has 0 aliphatic rings. The van der Waals surface area contributed by atoms with Crippen molar-refractivity contribution in [3.8, 4) is 86.7 Å². The molecule has 0 unspecified atom stereocenters. The molecule has 0 N–H and O–H groups in total. The van der Waals surface area contributed by atoms with Crippen molar-refractivity contribution in [2.24, 2.45) is 0 Å². The Morgan fingerprint density at radius 1 is 0.277 bits per heavy atom. The lowest BCUT2D eigenvalue weighted by Crippen LogP contribution is -2.24. The molecule has 8 aromatic carbocycles. The summed E-state index contributed by atoms with van der Waals surface area (Å²) in [5.41, 5.74) is 13.4. The van der Waals surface area contributed by atoms with Gasteiger partial charge in [-0.05, 0) is 70.3 Å². The number of hydrogen-bond acceptors (Lipinski definition) is 10. The zero-order chi connectivity index (χ0) is 68.5. The molecule has 0 radical (unpaired) electrons. The molecule has 0 atom stereocenters. The van der Waals surface area contributed by atoms with E-state index >= 15 is 0 Å². The number of benzene rings is 8. The van der Waals surface area contributed by atoms with E-state index in [0.717, 1.165) is 79.5 Å². The molecule has 0 saturated heterocycles. The average molecular weight is 1240 g/mol. The summed E-state index contributed by atoms with van der Waals surface area (Å²) in [7, 11) is 0. The highest BCUT2D eigenvalue weighted by Crippen LogP contribution is 2.31. The third-order valence-electron chi connectivity index (χ3n) is 14.2. The molecule has 11 aromatic rings. The van der Waals surface area contributed by atoms with Crippen LogP contribution in [0.15, 0.2) is 243 Å². The summed E-state index contributed by atoms with van der Waals surface area (Å²) in [4.78, 5) is 32.4. The van der Waals surface area contributed by atoms with E-state index in [1.165, 1.54) is 5.56 Å². The molecule has 0 aliphatic carbocycles. The van der Waals surface area contributed by atoms with Gasteiger partial charge in [0.1, 0.15) is 23.5 Å². The third-order valence-corrected chi connectivity index (χ3v) is 14.2. The first-order valence-electron chi connectivity index (χ1n) is 31.3. The maximum Gasteiger partial charge on any atom is 0.163 e. The highest BCUT2D eigenvalue weighted by atomic mass is 15.1. The Morgan fingerprint density at radius 2 is 0.596 bits per heavy atom. The van der Waals surface area contributed by atoms with E-state index in [2.05, 4.69) is 189 Å². The van der Waals surface area contributed by atoms with Crippen molar-refractivity contribution in [1.29, 1.82) is 15.8 Å². The minimum absolute atomic E-state index is 0.00914. The van der Waals surface area contributed by atoms with E-state index in [0.29, 0.717) is 22.3 Å². The first-order chi connectivity index (χ1) is 44.6. The predicted octanol–water partition coefficient (Wildman–Crippen LogP) is 20.3. The van der Waals surface area contributed by atoms with Crippen LogP contribution in [0, 0.1) is 46.3 Å². The summed E-state index contributed by atoms with van der Waals surface area (Å²) < 4.78 is 0. The summed E-state index contributed by atoms with van der Waals surface area (Å²) in [6, 6.07) is 81.2. The largest absolute Gasteiger partial charge is 0.240 e. The number of hydrogen-bond donors (Lipinski definition) is 0. The minimum atomic E-state index is -0.0908. The van der Waals surface area contributed by atoms with Crippen molar-refractivity contribution in [3.05, 3.63) is 294 Å². The number of nitriles is 3. The number of rotatable bonds is 5. The van der Waals surface area contributed by atoms with Crippen molar-refractivity contribution < 1.29 is 0 Å². The van der Waals surface area contributed by atoms with Crippen LogP contribution in [0.25, 0.3) is 56.2 Å². The van der Waals surface area contributed by atoms with Gasteiger partial charge in [-0.2, -0.15) is 15.8 Å². The molecule has 11 rings (SSSR count). The van der Waals surface area contributed by atoms with Crippen molar-refractivity contribution in [1.82, 2.24) is 34.9 Å². The van der Waals surface area contributed by atoms with Crippen molar-refractivity contribution >= 4 is 0 Å². The van der Waals surface area contributed by atoms with Gasteiger partial charge in [-0.15, -0.1) is 6.42 Å². The average Bonchev–Trinajstić information content (AvgIpc) is 0.810. The SMILES string of the molecule is C#Cc1cc(-c2ccccc2)ccc1C#N.CC(C)(C)c1cc(C(C)(C)C)nc(-c2ccccc2)n1.CC(C)(C)c1nc(-c2ccccc2)nc(C(C)(C)C)n1.CC(C)(C)c1ncc(-c2ccccc2)cn1.N#Cc1ccc(-c2ccccc2)cc1.N#Cc1ccccc1. The normalized spacial score (nSPS) is 10.9. The van der Waals surface area contributed by atoms with Gasteiger partial charge in [-0.25, -0.2) is 34.9 Å². The van der Waals surface area contributed by atoms with E-state index in [4.69, 9.17) is 32.2 Å². The van der Waals surface area contributed by atoms with E-state index in [1.54, 1.807) is 18.2 Å². The lowest BCUT2D eigenvalue weighted by molar-refractivity contribution is 0.497. The van der Waals surface area contributed by atoms with Gasteiger partial charge in [-0.3, -0.25) is 0 Å². The summed E-state index contributed by atoms with van der Waals surface area (Å²) in [5, 5.41) is 25.8. The van der Waals surface area contributed by atoms with E-state index < -0.39 is 0 Å². The quantitative estimate of drug-likeness (QED) is 0.152. The monoisotopic (exact) mass is 1230 g/mol. The number of nitrogens with zero attached hydrogens (tertiary/aromatic N) is 10. The third kappa shape index (κ3) is 22.4. The smallest absolute Gasteiger partial charge is 0.163 e. The van der Waals surface area contributed by atoms with E-state index in [1.807, 2.05) is 188 Å². The molecule has 94 heavy (non-hydrogen) atoms. The summed E-state index contributed by atoms with van der Waals surface area (Å²) in [5.74, 6) is 6.69. The van der Waals surface area contributed by atoms with Crippen LogP contribution in [0.2, 0.25) is 0 Å². The molecule has 0 bridgehead atoms. The molecule has 3 aromatic heterocycles. The van der Waals surface area contributed by atoms with Gasteiger partial charge in [0.05, 0.1) is 40.2 Å². The fourth-order valence-corrected chi connectivity index (χ4v) is 8.64. The summed E-state index contributed by atoms with van der Waals surface area (Å²) in [6.07, 6.45) is 9.16. The molecule has 0 fully saturated rings. The van der Waals surface area contributed by atoms with Crippen LogP contribution in [-0.2, 0) is 27.1 Å². The first-order valence-corrected chi connectivity index (χ1v) is 31.3. The number of terminal acetylenes is 1. The molecular weight excluding hydrogens is 1150 g/mol. The van der Waals surface area contributed by atoms with Gasteiger partial charge < -0.3 is 0 Å². The molecule has 472 valence electrons. The van der Waals surface area contributed by atoms with Crippen LogP contribution in [-0.4, -0.2) is 34.9 Å². The minimum Gasteiger partial charge on any atom is -0.240 e.